The normalized spacial score (nSPS) is 32.5. The molecule has 0 aromatic carbocycles. The van der Waals surface area contributed by atoms with Crippen molar-refractivity contribution in [1.29, 1.82) is 0 Å². The highest BCUT2D eigenvalue weighted by Crippen LogP contribution is 2.32. The molecule has 0 heterocycles. The molecule has 6 heteroatoms. The molecule has 2 saturated carbocycles. The van der Waals surface area contributed by atoms with Gasteiger partial charge in [0, 0.05) is 6.04 Å². The lowest BCUT2D eigenvalue weighted by atomic mass is 9.76. The molecule has 6 nitrogen and oxygen atoms in total. The maximum Gasteiger partial charge on any atom is 0.315 e. The fourth-order valence-corrected chi connectivity index (χ4v) is 2.79. The average molecular weight is 268 g/mol. The standard InChI is InChI=1S/C13H24N4O2/c1-9-5-7-13(8-6-9,11(14)17-19)16-12(18)15-10-3-2-4-10/h9-10,19H,2-8H2,1H3,(H2,14,17)(H2,15,16,18). The second kappa shape index (κ2) is 5.67. The molecule has 108 valence electrons. The number of amidine groups is 1. The van der Waals surface area contributed by atoms with Crippen LogP contribution < -0.4 is 16.4 Å². The van der Waals surface area contributed by atoms with Gasteiger partial charge < -0.3 is 21.6 Å². The number of urea groups is 1. The highest BCUT2D eigenvalue weighted by Gasteiger charge is 2.40. The number of amides is 2. The van der Waals surface area contributed by atoms with Crippen molar-refractivity contribution in [3.8, 4) is 0 Å². The summed E-state index contributed by atoms with van der Waals surface area (Å²) in [6, 6.07) is 0.0812. The van der Waals surface area contributed by atoms with E-state index in [9.17, 15) is 4.79 Å². The van der Waals surface area contributed by atoms with Crippen LogP contribution in [0.3, 0.4) is 0 Å². The number of nitrogens with two attached hydrogens (primary N) is 1. The maximum atomic E-state index is 12.0. The lowest BCUT2D eigenvalue weighted by Gasteiger charge is -2.39. The van der Waals surface area contributed by atoms with E-state index in [0.29, 0.717) is 5.92 Å². The van der Waals surface area contributed by atoms with Crippen molar-refractivity contribution in [2.24, 2.45) is 16.8 Å². The molecule has 0 bridgehead atoms. The summed E-state index contributed by atoms with van der Waals surface area (Å²) in [5.74, 6) is 0.735. The van der Waals surface area contributed by atoms with Crippen LogP contribution in [0.15, 0.2) is 5.16 Å². The number of carbonyl (C=O) groups is 1. The third-order valence-corrected chi connectivity index (χ3v) is 4.52. The molecular formula is C13H24N4O2. The Morgan fingerprint density at radius 1 is 1.32 bits per heavy atom. The van der Waals surface area contributed by atoms with Crippen molar-refractivity contribution in [3.05, 3.63) is 0 Å². The summed E-state index contributed by atoms with van der Waals surface area (Å²) in [5.41, 5.74) is 5.13. The number of nitrogens with zero attached hydrogens (tertiary/aromatic N) is 1. The molecule has 2 aliphatic rings. The Labute approximate surface area is 113 Å². The molecule has 2 amide bonds. The van der Waals surface area contributed by atoms with Crippen molar-refractivity contribution in [2.75, 3.05) is 0 Å². The molecule has 0 aromatic rings. The van der Waals surface area contributed by atoms with Crippen molar-refractivity contribution < 1.29 is 10.0 Å². The van der Waals surface area contributed by atoms with Crippen molar-refractivity contribution in [3.63, 3.8) is 0 Å². The van der Waals surface area contributed by atoms with Gasteiger partial charge in [0.1, 0.15) is 5.54 Å². The summed E-state index contributed by atoms with van der Waals surface area (Å²) < 4.78 is 0. The first-order valence-electron chi connectivity index (χ1n) is 7.12. The monoisotopic (exact) mass is 268 g/mol. The molecule has 0 spiro atoms. The number of hydrogen-bond acceptors (Lipinski definition) is 3. The summed E-state index contributed by atoms with van der Waals surface area (Å²) in [6.07, 6.45) is 6.65. The van der Waals surface area contributed by atoms with Crippen LogP contribution in [0.5, 0.6) is 0 Å². The van der Waals surface area contributed by atoms with Gasteiger partial charge in [0.25, 0.3) is 0 Å². The van der Waals surface area contributed by atoms with E-state index in [-0.39, 0.29) is 17.9 Å². The SMILES string of the molecule is CC1CCC(NC(=O)NC2CCC2)(C(N)=NO)CC1. The van der Waals surface area contributed by atoms with Crippen LogP contribution in [0.4, 0.5) is 4.79 Å². The molecule has 0 saturated heterocycles. The minimum Gasteiger partial charge on any atom is -0.409 e. The van der Waals surface area contributed by atoms with Gasteiger partial charge >= 0.3 is 6.03 Å². The molecule has 19 heavy (non-hydrogen) atoms. The Balaban J connectivity index is 1.99. The third kappa shape index (κ3) is 3.11. The smallest absolute Gasteiger partial charge is 0.315 e. The lowest BCUT2D eigenvalue weighted by molar-refractivity contribution is 0.203. The van der Waals surface area contributed by atoms with E-state index in [1.165, 1.54) is 6.42 Å². The highest BCUT2D eigenvalue weighted by atomic mass is 16.4. The minimum atomic E-state index is -0.685. The van der Waals surface area contributed by atoms with E-state index < -0.39 is 5.54 Å². The molecule has 2 fully saturated rings. The van der Waals surface area contributed by atoms with E-state index in [4.69, 9.17) is 10.9 Å². The lowest BCUT2D eigenvalue weighted by Crippen LogP contribution is -2.62. The fraction of sp³-hybridized carbons (Fsp3) is 0.846. The molecule has 0 aliphatic heterocycles. The van der Waals surface area contributed by atoms with E-state index in [1.54, 1.807) is 0 Å². The van der Waals surface area contributed by atoms with Gasteiger partial charge in [-0.2, -0.15) is 0 Å². The van der Waals surface area contributed by atoms with Crippen LogP contribution in [-0.2, 0) is 0 Å². The summed E-state index contributed by atoms with van der Waals surface area (Å²) in [5, 5.41) is 18.0. The Bertz CT molecular complexity index is 358. The zero-order valence-corrected chi connectivity index (χ0v) is 11.5. The zero-order valence-electron chi connectivity index (χ0n) is 11.5. The molecule has 0 aromatic heterocycles. The minimum absolute atomic E-state index is 0.114. The number of hydrogen-bond donors (Lipinski definition) is 4. The molecule has 2 aliphatic carbocycles. The van der Waals surface area contributed by atoms with Gasteiger partial charge in [-0.1, -0.05) is 12.1 Å². The Morgan fingerprint density at radius 2 is 1.95 bits per heavy atom. The van der Waals surface area contributed by atoms with Gasteiger partial charge in [-0.15, -0.1) is 0 Å². The van der Waals surface area contributed by atoms with Gasteiger partial charge in [-0.25, -0.2) is 4.79 Å². The zero-order chi connectivity index (χ0) is 13.9. The largest absolute Gasteiger partial charge is 0.409 e. The van der Waals surface area contributed by atoms with Crippen LogP contribution >= 0.6 is 0 Å². The molecule has 2 rings (SSSR count). The van der Waals surface area contributed by atoms with Crippen molar-refractivity contribution in [1.82, 2.24) is 10.6 Å². The summed E-state index contributed by atoms with van der Waals surface area (Å²) in [4.78, 5) is 12.0. The van der Waals surface area contributed by atoms with Crippen LogP contribution in [0.1, 0.15) is 51.9 Å². The summed E-state index contributed by atoms with van der Waals surface area (Å²) >= 11 is 0. The van der Waals surface area contributed by atoms with Crippen molar-refractivity contribution in [2.45, 2.75) is 63.5 Å². The second-order valence-corrected chi connectivity index (χ2v) is 5.98. The van der Waals surface area contributed by atoms with E-state index >= 15 is 0 Å². The van der Waals surface area contributed by atoms with E-state index in [2.05, 4.69) is 22.7 Å². The molecule has 0 unspecified atom stereocenters. The molecular weight excluding hydrogens is 244 g/mol. The number of oxime groups is 1. The average Bonchev–Trinajstić information content (AvgIpc) is 2.36. The predicted octanol–water partition coefficient (Wildman–Crippen LogP) is 1.53. The van der Waals surface area contributed by atoms with Crippen LogP contribution in [0.25, 0.3) is 0 Å². The second-order valence-electron chi connectivity index (χ2n) is 5.98. The van der Waals surface area contributed by atoms with Gasteiger partial charge in [0.05, 0.1) is 0 Å². The topological polar surface area (TPSA) is 99.7 Å². The highest BCUT2D eigenvalue weighted by molar-refractivity contribution is 5.93. The Kier molecular flexibility index (Phi) is 4.17. The van der Waals surface area contributed by atoms with Crippen LogP contribution in [0.2, 0.25) is 0 Å². The first kappa shape index (κ1) is 14.0. The molecule has 0 atom stereocenters. The third-order valence-electron chi connectivity index (χ3n) is 4.52. The molecule has 5 N–H and O–H groups in total. The maximum absolute atomic E-state index is 12.0. The number of carbonyl (C=O) groups excluding carboxylic acids is 1. The predicted molar refractivity (Wildman–Crippen MR) is 73.1 cm³/mol. The van der Waals surface area contributed by atoms with Gasteiger partial charge in [-0.3, -0.25) is 0 Å². The fourth-order valence-electron chi connectivity index (χ4n) is 2.79. The Hall–Kier alpha value is -1.46. The van der Waals surface area contributed by atoms with E-state index in [0.717, 1.165) is 38.5 Å². The first-order chi connectivity index (χ1) is 9.05. The molecule has 0 radical (unpaired) electrons. The number of nitrogens with one attached hydrogen (secondary N) is 2. The van der Waals surface area contributed by atoms with Crippen LogP contribution in [0, 0.1) is 5.92 Å². The van der Waals surface area contributed by atoms with Crippen LogP contribution in [-0.4, -0.2) is 28.7 Å². The number of rotatable bonds is 3. The van der Waals surface area contributed by atoms with E-state index in [1.807, 2.05) is 0 Å². The summed E-state index contributed by atoms with van der Waals surface area (Å²) in [6.45, 7) is 2.19. The van der Waals surface area contributed by atoms with Gasteiger partial charge in [0.2, 0.25) is 0 Å². The van der Waals surface area contributed by atoms with Gasteiger partial charge in [0.15, 0.2) is 5.84 Å². The van der Waals surface area contributed by atoms with Crippen molar-refractivity contribution >= 4 is 11.9 Å². The summed E-state index contributed by atoms with van der Waals surface area (Å²) in [7, 11) is 0. The Morgan fingerprint density at radius 3 is 2.42 bits per heavy atom. The quantitative estimate of drug-likeness (QED) is 0.270. The first-order valence-corrected chi connectivity index (χ1v) is 7.12. The van der Waals surface area contributed by atoms with Gasteiger partial charge in [-0.05, 0) is 50.9 Å².